The van der Waals surface area contributed by atoms with Crippen molar-refractivity contribution in [3.05, 3.63) is 35.5 Å². The van der Waals surface area contributed by atoms with Crippen molar-refractivity contribution in [3.8, 4) is 0 Å². The molecule has 6 heteroatoms. The molecule has 0 radical (unpaired) electrons. The van der Waals surface area contributed by atoms with Gasteiger partial charge in [-0.15, -0.1) is 0 Å². The molecule has 1 amide bonds. The molecule has 0 saturated carbocycles. The molecule has 2 aromatic rings. The van der Waals surface area contributed by atoms with Gasteiger partial charge >= 0.3 is 6.09 Å². The van der Waals surface area contributed by atoms with Gasteiger partial charge in [-0.1, -0.05) is 18.2 Å². The molecule has 3 N–H and O–H groups in total. The normalized spacial score (nSPS) is 27.6. The Hall–Kier alpha value is -2.05. The van der Waals surface area contributed by atoms with Crippen molar-refractivity contribution in [2.24, 2.45) is 0 Å². The highest BCUT2D eigenvalue weighted by Gasteiger charge is 2.66. The summed E-state index contributed by atoms with van der Waals surface area (Å²) in [7, 11) is 0. The van der Waals surface area contributed by atoms with Crippen molar-refractivity contribution in [3.63, 3.8) is 0 Å². The quantitative estimate of drug-likeness (QED) is 0.732. The minimum absolute atomic E-state index is 0.255. The highest BCUT2D eigenvalue weighted by atomic mass is 16.6. The minimum Gasteiger partial charge on any atom is -0.437 e. The molecule has 1 spiro atoms. The molecule has 1 aromatic carbocycles. The van der Waals surface area contributed by atoms with E-state index in [9.17, 15) is 9.90 Å². The number of nitrogens with one attached hydrogen (secondary N) is 2. The van der Waals surface area contributed by atoms with E-state index in [-0.39, 0.29) is 11.1 Å². The highest BCUT2D eigenvalue weighted by molar-refractivity contribution is 5.84. The molecular formula is C23H33N3O3. The zero-order valence-electron chi connectivity index (χ0n) is 18.3. The molecule has 6 nitrogen and oxygen atoms in total. The van der Waals surface area contributed by atoms with Gasteiger partial charge in [0.15, 0.2) is 11.3 Å². The molecular weight excluding hydrogens is 366 g/mol. The number of piperidine rings is 1. The zero-order valence-corrected chi connectivity index (χ0v) is 18.3. The number of aliphatic hydroxyl groups is 1. The summed E-state index contributed by atoms with van der Waals surface area (Å²) in [6, 6.07) is 8.18. The third kappa shape index (κ3) is 3.22. The molecule has 0 aliphatic carbocycles. The van der Waals surface area contributed by atoms with E-state index in [0.717, 1.165) is 16.6 Å². The summed E-state index contributed by atoms with van der Waals surface area (Å²) in [6.07, 6.45) is 1.35. The molecule has 3 heterocycles. The number of fused-ring (bicyclic) bond motifs is 1. The number of ether oxygens (including phenoxy) is 1. The largest absolute Gasteiger partial charge is 0.437 e. The first-order valence-corrected chi connectivity index (χ1v) is 10.4. The molecule has 29 heavy (non-hydrogen) atoms. The number of carbonyl (C=O) groups excluding carboxylic acids is 1. The standard InChI is InChI=1S/C23H33N3O3/c1-15-16(17-9-7-8-10-18(17)24-15)11-12-26-19(27)29-23(22(26,6)28)13-20(2,3)25-21(4,5)14-23/h7-10,24-25,28H,11-14H2,1-6H3. The molecule has 4 rings (SSSR count). The van der Waals surface area contributed by atoms with Crippen molar-refractivity contribution in [2.75, 3.05) is 6.54 Å². The summed E-state index contributed by atoms with van der Waals surface area (Å²) in [4.78, 5) is 17.8. The van der Waals surface area contributed by atoms with Crippen molar-refractivity contribution in [1.82, 2.24) is 15.2 Å². The van der Waals surface area contributed by atoms with Crippen LogP contribution in [0.2, 0.25) is 0 Å². The maximum atomic E-state index is 12.9. The molecule has 2 saturated heterocycles. The third-order valence-corrected chi connectivity index (χ3v) is 6.64. The summed E-state index contributed by atoms with van der Waals surface area (Å²) in [5.74, 6) is 0. The monoisotopic (exact) mass is 399 g/mol. The summed E-state index contributed by atoms with van der Waals surface area (Å²) >= 11 is 0. The van der Waals surface area contributed by atoms with Gasteiger partial charge in [0.2, 0.25) is 0 Å². The van der Waals surface area contributed by atoms with Crippen LogP contribution in [0.4, 0.5) is 4.79 Å². The minimum atomic E-state index is -1.37. The topological polar surface area (TPSA) is 77.6 Å². The van der Waals surface area contributed by atoms with Crippen molar-refractivity contribution in [1.29, 1.82) is 0 Å². The maximum absolute atomic E-state index is 12.9. The van der Waals surface area contributed by atoms with Gasteiger partial charge in [-0.05, 0) is 59.6 Å². The molecule has 1 unspecified atom stereocenters. The molecule has 2 aliphatic rings. The van der Waals surface area contributed by atoms with E-state index in [4.69, 9.17) is 4.74 Å². The number of H-pyrrole nitrogens is 1. The number of nitrogens with zero attached hydrogens (tertiary/aromatic N) is 1. The number of para-hydroxylation sites is 1. The van der Waals surface area contributed by atoms with Crippen molar-refractivity contribution in [2.45, 2.75) is 83.2 Å². The second-order valence-corrected chi connectivity index (χ2v) is 10.3. The first kappa shape index (κ1) is 20.2. The van der Waals surface area contributed by atoms with Crippen LogP contribution in [-0.2, 0) is 11.2 Å². The summed E-state index contributed by atoms with van der Waals surface area (Å²) in [5.41, 5.74) is 0.547. The molecule has 1 aromatic heterocycles. The number of hydrogen-bond acceptors (Lipinski definition) is 4. The average Bonchev–Trinajstić information content (AvgIpc) is 2.94. The van der Waals surface area contributed by atoms with E-state index in [1.54, 1.807) is 6.92 Å². The average molecular weight is 400 g/mol. The van der Waals surface area contributed by atoms with E-state index < -0.39 is 17.4 Å². The second kappa shape index (κ2) is 6.22. The van der Waals surface area contributed by atoms with Crippen LogP contribution in [0, 0.1) is 6.92 Å². The molecule has 2 fully saturated rings. The predicted octanol–water partition coefficient (Wildman–Crippen LogP) is 3.86. The van der Waals surface area contributed by atoms with Crippen molar-refractivity contribution >= 4 is 17.0 Å². The lowest BCUT2D eigenvalue weighted by Gasteiger charge is -2.54. The van der Waals surface area contributed by atoms with E-state index in [0.29, 0.717) is 25.8 Å². The van der Waals surface area contributed by atoms with Gasteiger partial charge in [-0.3, -0.25) is 4.90 Å². The summed E-state index contributed by atoms with van der Waals surface area (Å²) < 4.78 is 5.97. The van der Waals surface area contributed by atoms with Crippen LogP contribution < -0.4 is 5.32 Å². The molecule has 2 aliphatic heterocycles. The fourth-order valence-corrected chi connectivity index (χ4v) is 5.83. The number of benzene rings is 1. The van der Waals surface area contributed by atoms with Gasteiger partial charge in [0.05, 0.1) is 0 Å². The second-order valence-electron chi connectivity index (χ2n) is 10.3. The van der Waals surface area contributed by atoms with E-state index in [1.807, 2.05) is 12.1 Å². The fraction of sp³-hybridized carbons (Fsp3) is 0.609. The number of aromatic amines is 1. The summed E-state index contributed by atoms with van der Waals surface area (Å²) in [6.45, 7) is 12.6. The van der Waals surface area contributed by atoms with Gasteiger partial charge in [-0.25, -0.2) is 4.79 Å². The Balaban J connectivity index is 1.62. The maximum Gasteiger partial charge on any atom is 0.412 e. The van der Waals surface area contributed by atoms with Crippen LogP contribution in [0.15, 0.2) is 24.3 Å². The van der Waals surface area contributed by atoms with E-state index in [2.05, 4.69) is 57.1 Å². The van der Waals surface area contributed by atoms with Gasteiger partial charge in [-0.2, -0.15) is 0 Å². The van der Waals surface area contributed by atoms with E-state index >= 15 is 0 Å². The van der Waals surface area contributed by atoms with Crippen LogP contribution in [0.1, 0.15) is 58.7 Å². The van der Waals surface area contributed by atoms with Crippen LogP contribution in [0.25, 0.3) is 10.9 Å². The first-order chi connectivity index (χ1) is 13.4. The smallest absolute Gasteiger partial charge is 0.412 e. The first-order valence-electron chi connectivity index (χ1n) is 10.4. The molecule has 1 atom stereocenters. The Labute approximate surface area is 172 Å². The van der Waals surface area contributed by atoms with Crippen LogP contribution in [0.5, 0.6) is 0 Å². The van der Waals surface area contributed by atoms with Gasteiger partial charge in [0, 0.05) is 47.1 Å². The Kier molecular flexibility index (Phi) is 4.34. The Morgan fingerprint density at radius 1 is 1.10 bits per heavy atom. The fourth-order valence-electron chi connectivity index (χ4n) is 5.83. The number of aromatic nitrogens is 1. The number of hydrogen-bond donors (Lipinski definition) is 3. The molecule has 158 valence electrons. The Morgan fingerprint density at radius 2 is 1.72 bits per heavy atom. The predicted molar refractivity (Wildman–Crippen MR) is 114 cm³/mol. The number of aryl methyl sites for hydroxylation is 1. The van der Waals surface area contributed by atoms with Gasteiger partial charge < -0.3 is 20.1 Å². The van der Waals surface area contributed by atoms with E-state index in [1.165, 1.54) is 10.5 Å². The summed E-state index contributed by atoms with van der Waals surface area (Å²) in [5, 5.41) is 16.4. The lowest BCUT2D eigenvalue weighted by atomic mass is 9.68. The lowest BCUT2D eigenvalue weighted by molar-refractivity contribution is -0.180. The van der Waals surface area contributed by atoms with Crippen molar-refractivity contribution < 1.29 is 14.6 Å². The Bertz CT molecular complexity index is 941. The van der Waals surface area contributed by atoms with Crippen LogP contribution in [-0.4, -0.2) is 50.0 Å². The molecule has 0 bridgehead atoms. The van der Waals surface area contributed by atoms with Gasteiger partial charge in [0.1, 0.15) is 0 Å². The lowest BCUT2D eigenvalue weighted by Crippen LogP contribution is -2.70. The zero-order chi connectivity index (χ0) is 21.2. The Morgan fingerprint density at radius 3 is 2.38 bits per heavy atom. The van der Waals surface area contributed by atoms with Crippen LogP contribution in [0.3, 0.4) is 0 Å². The number of carbonyl (C=O) groups is 1. The SMILES string of the molecule is Cc1[nH]c2ccccc2c1CCN1C(=O)OC2(CC(C)(C)NC(C)(C)C2)C1(C)O. The number of amides is 1. The third-order valence-electron chi connectivity index (χ3n) is 6.64. The number of rotatable bonds is 3. The van der Waals surface area contributed by atoms with Gasteiger partial charge in [0.25, 0.3) is 0 Å². The highest BCUT2D eigenvalue weighted by Crippen LogP contribution is 2.50. The van der Waals surface area contributed by atoms with Crippen LogP contribution >= 0.6 is 0 Å².